The highest BCUT2D eigenvalue weighted by atomic mass is 31.2. The average Bonchev–Trinajstić information content (AvgIpc) is 3.83. The van der Waals surface area contributed by atoms with Crippen LogP contribution < -0.4 is 37.6 Å². The number of nitrogens with two attached hydrogens (primary N) is 1. The van der Waals surface area contributed by atoms with Gasteiger partial charge in [0.15, 0.2) is 17.0 Å². The third kappa shape index (κ3) is 32.4. The van der Waals surface area contributed by atoms with Crippen LogP contribution in [0.1, 0.15) is 274 Å². The number of anilines is 2. The minimum absolute atomic E-state index is 0.127. The molecule has 0 atom stereocenters. The van der Waals surface area contributed by atoms with Gasteiger partial charge in [-0.15, -0.1) is 0 Å². The summed E-state index contributed by atoms with van der Waals surface area (Å²) in [6, 6.07) is 6.67. The van der Waals surface area contributed by atoms with Gasteiger partial charge in [-0.05, 0) is 108 Å². The lowest BCUT2D eigenvalue weighted by Crippen LogP contribution is -2.37. The molecule has 0 fully saturated rings. The van der Waals surface area contributed by atoms with Crippen molar-refractivity contribution in [1.82, 2.24) is 46.1 Å². The van der Waals surface area contributed by atoms with Crippen molar-refractivity contribution in [2.75, 3.05) is 70.0 Å². The fourth-order valence-electron chi connectivity index (χ4n) is 11.0. The van der Waals surface area contributed by atoms with Crippen LogP contribution in [-0.4, -0.2) is 110 Å². The number of aromatic hydroxyl groups is 1. The number of nitrogen functional groups attached to an aromatic ring is 1. The number of imidazole rings is 1. The molecule has 0 saturated carbocycles. The Hall–Kier alpha value is -3.86. The fraction of sp³-hybridized carbons (Fsp3) is 0.797. The molecular formula is C64H118N11O6P. The van der Waals surface area contributed by atoms with Crippen molar-refractivity contribution < 1.29 is 29.0 Å². The molecule has 3 rings (SSSR count). The van der Waals surface area contributed by atoms with Crippen LogP contribution in [0.5, 0.6) is 6.01 Å². The summed E-state index contributed by atoms with van der Waals surface area (Å²) in [6.45, 7) is 12.9. The summed E-state index contributed by atoms with van der Waals surface area (Å²) in [7, 11) is -4.30. The number of unbranched alkanes of at least 4 members (excludes halogenated alkanes) is 28. The van der Waals surface area contributed by atoms with E-state index in [1.165, 1.54) is 141 Å². The van der Waals surface area contributed by atoms with E-state index in [1.807, 2.05) is 0 Å². The lowest BCUT2D eigenvalue weighted by atomic mass is 9.90. The average molecular weight is 1170 g/mol. The number of carbonyl (C=O) groups excluding carboxylic acids is 2. The molecule has 0 radical (unpaired) electrons. The van der Waals surface area contributed by atoms with Gasteiger partial charge in [-0.25, -0.2) is 0 Å². The first kappa shape index (κ1) is 72.4. The smallest absolute Gasteiger partial charge is 0.331 e. The molecule has 82 heavy (non-hydrogen) atoms. The van der Waals surface area contributed by atoms with Gasteiger partial charge in [-0.1, -0.05) is 219 Å². The van der Waals surface area contributed by atoms with Gasteiger partial charge in [0.2, 0.25) is 11.9 Å². The molecular weight excluding hydrogens is 1050 g/mol. The Labute approximate surface area is 496 Å². The number of rotatable bonds is 56. The third-order valence-corrected chi connectivity index (χ3v) is 18.2. The monoisotopic (exact) mass is 1170 g/mol. The highest BCUT2D eigenvalue weighted by molar-refractivity contribution is 7.53. The molecule has 0 aliphatic carbocycles. The minimum atomic E-state index is -4.30. The van der Waals surface area contributed by atoms with Crippen LogP contribution in [0.2, 0.25) is 0 Å². The maximum absolute atomic E-state index is 13.4. The topological polar surface area (TPSA) is 254 Å². The van der Waals surface area contributed by atoms with E-state index in [1.54, 1.807) is 28.8 Å². The van der Waals surface area contributed by atoms with Crippen LogP contribution in [0.3, 0.4) is 0 Å². The van der Waals surface area contributed by atoms with Gasteiger partial charge >= 0.3 is 7.60 Å². The fourth-order valence-corrected chi connectivity index (χ4v) is 12.3. The largest absolute Gasteiger partial charge is 0.480 e. The summed E-state index contributed by atoms with van der Waals surface area (Å²) in [5.41, 5.74) is 8.05. The SMILES string of the molecule is CCCCCCCCCCCCCCCCC(CCCCCCCCCCCCCCCC)(CCNCCCNCCCCNCCCNC(=O)CNC(=O)c1ccc(Cn2c(O)nc3c(N)nc(NCCCC)nc32)cc1)P(=O)(O)O. The normalized spacial score (nSPS) is 12.0. The maximum Gasteiger partial charge on any atom is 0.331 e. The van der Waals surface area contributed by atoms with E-state index in [0.717, 1.165) is 115 Å². The summed E-state index contributed by atoms with van der Waals surface area (Å²) < 4.78 is 14.9. The standard InChI is InChI=1S/C64H118N11O6P/c1-4-7-10-12-14-16-18-20-22-24-26-28-30-32-42-64(82(79,80)81,43-33-31-29-27-25-23-21-19-17-15-13-11-8-5-2)44-52-68-48-36-47-66-45-34-35-46-67-49-37-51-69-57(76)53-71-61(77)56-40-38-55(39-41-56)54-75-60-58(72-63(75)78)59(65)73-62(74-60)70-50-9-6-3/h38-41,66-68H,4-37,42-54H2,1-3H3,(H,69,76)(H,71,77)(H,72,78)(H2,79,80,81)(H3,65,70,73,74). The molecule has 1 aromatic carbocycles. The Bertz CT molecular complexity index is 2090. The summed E-state index contributed by atoms with van der Waals surface area (Å²) in [5, 5.41) is 28.9. The number of hydrogen-bond acceptors (Lipinski definition) is 12. The van der Waals surface area contributed by atoms with Gasteiger partial charge in [-0.2, -0.15) is 15.0 Å². The van der Waals surface area contributed by atoms with E-state index in [4.69, 9.17) is 5.73 Å². The highest BCUT2D eigenvalue weighted by Gasteiger charge is 2.45. The second-order valence-corrected chi connectivity index (χ2v) is 25.5. The van der Waals surface area contributed by atoms with Crippen LogP contribution >= 0.6 is 7.60 Å². The van der Waals surface area contributed by atoms with E-state index >= 15 is 0 Å². The van der Waals surface area contributed by atoms with Crippen LogP contribution in [-0.2, 0) is 15.9 Å². The van der Waals surface area contributed by atoms with Gasteiger partial charge < -0.3 is 52.5 Å². The number of amides is 2. The van der Waals surface area contributed by atoms with Crippen molar-refractivity contribution in [2.45, 2.75) is 270 Å². The zero-order valence-corrected chi connectivity index (χ0v) is 52.8. The number of fused-ring (bicyclic) bond motifs is 1. The van der Waals surface area contributed by atoms with Crippen molar-refractivity contribution in [2.24, 2.45) is 0 Å². The molecule has 3 aromatic rings. The molecule has 0 aliphatic rings. The van der Waals surface area contributed by atoms with Crippen LogP contribution in [0, 0.1) is 0 Å². The Morgan fingerprint density at radius 2 is 0.951 bits per heavy atom. The minimum Gasteiger partial charge on any atom is -0.480 e. The van der Waals surface area contributed by atoms with E-state index < -0.39 is 12.8 Å². The lowest BCUT2D eigenvalue weighted by molar-refractivity contribution is -0.120. The van der Waals surface area contributed by atoms with Gasteiger partial charge in [0, 0.05) is 18.7 Å². The Morgan fingerprint density at radius 3 is 1.43 bits per heavy atom. The number of hydrogen-bond donors (Lipinski definition) is 10. The second kappa shape index (κ2) is 46.4. The molecule has 18 heteroatoms. The van der Waals surface area contributed by atoms with Crippen LogP contribution in [0.15, 0.2) is 24.3 Å². The Kier molecular flexibility index (Phi) is 41.0. The zero-order chi connectivity index (χ0) is 59.2. The highest BCUT2D eigenvalue weighted by Crippen LogP contribution is 2.58. The van der Waals surface area contributed by atoms with Crippen molar-refractivity contribution >= 4 is 42.3 Å². The van der Waals surface area contributed by atoms with Gasteiger partial charge in [-0.3, -0.25) is 18.7 Å². The third-order valence-electron chi connectivity index (χ3n) is 16.3. The molecule has 0 bridgehead atoms. The first-order chi connectivity index (χ1) is 39.9. The number of carbonyl (C=O) groups is 2. The molecule has 0 unspecified atom stereocenters. The molecule has 2 amide bonds. The molecule has 11 N–H and O–H groups in total. The molecule has 0 spiro atoms. The van der Waals surface area contributed by atoms with E-state index in [0.29, 0.717) is 61.6 Å². The van der Waals surface area contributed by atoms with E-state index in [2.05, 4.69) is 67.6 Å². The second-order valence-electron chi connectivity index (χ2n) is 23.5. The predicted molar refractivity (Wildman–Crippen MR) is 342 cm³/mol. The van der Waals surface area contributed by atoms with Crippen LogP contribution in [0.4, 0.5) is 11.8 Å². The first-order valence-corrected chi connectivity index (χ1v) is 34.8. The van der Waals surface area contributed by atoms with Crippen molar-refractivity contribution in [3.63, 3.8) is 0 Å². The maximum atomic E-state index is 13.4. The van der Waals surface area contributed by atoms with Gasteiger partial charge in [0.25, 0.3) is 11.9 Å². The molecule has 2 aromatic heterocycles. The summed E-state index contributed by atoms with van der Waals surface area (Å²) in [6.07, 6.45) is 43.3. The van der Waals surface area contributed by atoms with Gasteiger partial charge in [0.05, 0.1) is 18.2 Å². The Balaban J connectivity index is 1.24. The summed E-state index contributed by atoms with van der Waals surface area (Å²) in [4.78, 5) is 60.1. The van der Waals surface area contributed by atoms with E-state index in [9.17, 15) is 29.0 Å². The summed E-state index contributed by atoms with van der Waals surface area (Å²) >= 11 is 0. The molecule has 17 nitrogen and oxygen atoms in total. The predicted octanol–water partition coefficient (Wildman–Crippen LogP) is 13.6. The van der Waals surface area contributed by atoms with E-state index in [-0.39, 0.29) is 36.7 Å². The number of aromatic nitrogens is 4. The number of benzene rings is 1. The van der Waals surface area contributed by atoms with Crippen molar-refractivity contribution in [3.05, 3.63) is 35.4 Å². The van der Waals surface area contributed by atoms with Crippen molar-refractivity contribution in [1.29, 1.82) is 0 Å². The number of nitrogens with zero attached hydrogens (tertiary/aromatic N) is 4. The Morgan fingerprint density at radius 1 is 0.512 bits per heavy atom. The molecule has 2 heterocycles. The molecule has 0 saturated heterocycles. The van der Waals surface area contributed by atoms with Crippen LogP contribution in [0.25, 0.3) is 11.2 Å². The molecule has 0 aliphatic heterocycles. The number of nitrogens with one attached hydrogen (secondary N) is 6. The lowest BCUT2D eigenvalue weighted by Gasteiger charge is -2.35. The zero-order valence-electron chi connectivity index (χ0n) is 51.9. The first-order valence-electron chi connectivity index (χ1n) is 33.2. The summed E-state index contributed by atoms with van der Waals surface area (Å²) in [5.74, 6) is -0.0677. The van der Waals surface area contributed by atoms with Gasteiger partial charge in [0.1, 0.15) is 0 Å². The van der Waals surface area contributed by atoms with Crippen molar-refractivity contribution in [3.8, 4) is 6.01 Å². The molecule has 470 valence electrons. The quantitative estimate of drug-likeness (QED) is 0.0186.